The molecule has 7 heteroatoms. The molecule has 2 aromatic rings. The Morgan fingerprint density at radius 3 is 2.24 bits per heavy atom. The number of ether oxygens (including phenoxy) is 3. The van der Waals surface area contributed by atoms with Gasteiger partial charge in [-0.05, 0) is 49.4 Å². The Kier molecular flexibility index (Phi) is 5.59. The van der Waals surface area contributed by atoms with Crippen molar-refractivity contribution in [2.45, 2.75) is 33.8 Å². The highest BCUT2D eigenvalue weighted by atomic mass is 16.7. The van der Waals surface area contributed by atoms with Gasteiger partial charge < -0.3 is 19.5 Å². The molecule has 0 radical (unpaired) electrons. The Balaban J connectivity index is 1.62. The van der Waals surface area contributed by atoms with Gasteiger partial charge in [0.05, 0.1) is 5.56 Å². The highest BCUT2D eigenvalue weighted by Crippen LogP contribution is 2.32. The zero-order valence-electron chi connectivity index (χ0n) is 16.8. The average molecular weight is 397 g/mol. The Morgan fingerprint density at radius 1 is 0.966 bits per heavy atom. The third kappa shape index (κ3) is 4.74. The maximum atomic E-state index is 12.6. The summed E-state index contributed by atoms with van der Waals surface area (Å²) in [4.78, 5) is 37.0. The molecule has 0 aliphatic carbocycles. The Hall–Kier alpha value is -3.35. The van der Waals surface area contributed by atoms with Crippen molar-refractivity contribution in [1.29, 1.82) is 0 Å². The van der Waals surface area contributed by atoms with Crippen LogP contribution < -0.4 is 14.8 Å². The van der Waals surface area contributed by atoms with Gasteiger partial charge in [0.1, 0.15) is 0 Å². The van der Waals surface area contributed by atoms with Gasteiger partial charge in [-0.1, -0.05) is 20.8 Å². The van der Waals surface area contributed by atoms with Crippen molar-refractivity contribution in [3.05, 3.63) is 53.6 Å². The van der Waals surface area contributed by atoms with E-state index in [1.807, 2.05) is 20.8 Å². The van der Waals surface area contributed by atoms with Crippen LogP contribution >= 0.6 is 0 Å². The van der Waals surface area contributed by atoms with Gasteiger partial charge in [-0.15, -0.1) is 0 Å². The number of rotatable bonds is 5. The van der Waals surface area contributed by atoms with Crippen molar-refractivity contribution in [3.8, 4) is 11.5 Å². The lowest BCUT2D eigenvalue weighted by Crippen LogP contribution is -2.27. The molecule has 0 bridgehead atoms. The fourth-order valence-corrected chi connectivity index (χ4v) is 2.58. The molecule has 1 heterocycles. The van der Waals surface area contributed by atoms with Crippen LogP contribution in [0.2, 0.25) is 0 Å². The van der Waals surface area contributed by atoms with Crippen LogP contribution in [0.4, 0.5) is 5.69 Å². The highest BCUT2D eigenvalue weighted by molar-refractivity contribution is 6.02. The third-order valence-corrected chi connectivity index (χ3v) is 4.37. The number of benzene rings is 2. The van der Waals surface area contributed by atoms with Crippen molar-refractivity contribution >= 4 is 23.3 Å². The minimum absolute atomic E-state index is 0.106. The second-order valence-electron chi connectivity index (χ2n) is 7.76. The minimum Gasteiger partial charge on any atom is -0.454 e. The summed E-state index contributed by atoms with van der Waals surface area (Å²) in [6, 6.07) is 11.2. The number of carbonyl (C=O) groups is 3. The Labute approximate surface area is 169 Å². The molecule has 0 fully saturated rings. The van der Waals surface area contributed by atoms with Crippen molar-refractivity contribution in [3.63, 3.8) is 0 Å². The van der Waals surface area contributed by atoms with Crippen LogP contribution in [0.25, 0.3) is 0 Å². The third-order valence-electron chi connectivity index (χ3n) is 4.37. The number of amides is 1. The smallest absolute Gasteiger partial charge is 0.338 e. The van der Waals surface area contributed by atoms with Crippen LogP contribution in [0.15, 0.2) is 42.5 Å². The molecule has 0 saturated carbocycles. The van der Waals surface area contributed by atoms with E-state index in [0.717, 1.165) is 0 Å². The van der Waals surface area contributed by atoms with E-state index < -0.39 is 17.5 Å². The van der Waals surface area contributed by atoms with E-state index in [4.69, 9.17) is 14.2 Å². The van der Waals surface area contributed by atoms with E-state index in [0.29, 0.717) is 22.7 Å². The molecule has 152 valence electrons. The molecule has 2 aromatic carbocycles. The van der Waals surface area contributed by atoms with Crippen molar-refractivity contribution in [1.82, 2.24) is 0 Å². The van der Waals surface area contributed by atoms with Crippen molar-refractivity contribution in [2.75, 3.05) is 12.1 Å². The van der Waals surface area contributed by atoms with Crippen molar-refractivity contribution in [2.24, 2.45) is 5.41 Å². The van der Waals surface area contributed by atoms with Gasteiger partial charge in [0.25, 0.3) is 0 Å². The van der Waals surface area contributed by atoms with E-state index >= 15 is 0 Å². The summed E-state index contributed by atoms with van der Waals surface area (Å²) < 4.78 is 15.7. The summed E-state index contributed by atoms with van der Waals surface area (Å²) in [6.07, 6.45) is -0.970. The van der Waals surface area contributed by atoms with Crippen LogP contribution in [-0.4, -0.2) is 30.6 Å². The summed E-state index contributed by atoms with van der Waals surface area (Å²) in [5.41, 5.74) is 0.719. The molecule has 0 unspecified atom stereocenters. The first-order chi connectivity index (χ1) is 13.6. The molecule has 1 atom stereocenters. The molecule has 0 aromatic heterocycles. The molecule has 7 nitrogen and oxygen atoms in total. The van der Waals surface area contributed by atoms with Gasteiger partial charge in [0.2, 0.25) is 18.5 Å². The maximum Gasteiger partial charge on any atom is 0.338 e. The average Bonchev–Trinajstić information content (AvgIpc) is 3.15. The number of esters is 1. The number of carbonyl (C=O) groups excluding carboxylic acids is 3. The summed E-state index contributed by atoms with van der Waals surface area (Å²) in [7, 11) is 0. The fourth-order valence-electron chi connectivity index (χ4n) is 2.58. The molecule has 1 aliphatic heterocycles. The van der Waals surface area contributed by atoms with Gasteiger partial charge in [-0.2, -0.15) is 0 Å². The topological polar surface area (TPSA) is 90.9 Å². The quantitative estimate of drug-likeness (QED) is 0.609. The first-order valence-electron chi connectivity index (χ1n) is 9.21. The van der Waals surface area contributed by atoms with Crippen molar-refractivity contribution < 1.29 is 28.6 Å². The van der Waals surface area contributed by atoms with Crippen LogP contribution in [0.5, 0.6) is 11.5 Å². The number of anilines is 1. The zero-order valence-corrected chi connectivity index (χ0v) is 16.8. The van der Waals surface area contributed by atoms with E-state index in [2.05, 4.69) is 5.32 Å². The summed E-state index contributed by atoms with van der Waals surface area (Å²) in [5, 5.41) is 2.79. The van der Waals surface area contributed by atoms with Gasteiger partial charge >= 0.3 is 5.97 Å². The number of hydrogen-bond donors (Lipinski definition) is 1. The monoisotopic (exact) mass is 397 g/mol. The molecular formula is C22H23NO6. The Bertz CT molecular complexity index is 943. The van der Waals surface area contributed by atoms with Gasteiger partial charge in [-0.25, -0.2) is 4.79 Å². The molecule has 1 aliphatic rings. The molecule has 1 amide bonds. The highest BCUT2D eigenvalue weighted by Gasteiger charge is 2.24. The van der Waals surface area contributed by atoms with Crippen LogP contribution in [-0.2, 0) is 9.53 Å². The number of hydrogen-bond acceptors (Lipinski definition) is 6. The zero-order chi connectivity index (χ0) is 21.2. The van der Waals surface area contributed by atoms with Crippen LogP contribution in [0, 0.1) is 5.41 Å². The van der Waals surface area contributed by atoms with Gasteiger partial charge in [-0.3, -0.25) is 9.59 Å². The predicted molar refractivity (Wildman–Crippen MR) is 106 cm³/mol. The van der Waals surface area contributed by atoms with Crippen LogP contribution in [0.1, 0.15) is 48.4 Å². The molecule has 29 heavy (non-hydrogen) atoms. The standard InChI is InChI=1S/C22H23NO6/c1-13(29-20(25)15-7-10-17-18(11-15)28-12-27-17)19(24)14-5-8-16(9-6-14)23-21(26)22(2,3)4/h5-11,13H,12H2,1-4H3,(H,23,26)/t13-/m0/s1. The second kappa shape index (κ2) is 7.95. The second-order valence-corrected chi connectivity index (χ2v) is 7.76. The summed E-state index contributed by atoms with van der Waals surface area (Å²) >= 11 is 0. The summed E-state index contributed by atoms with van der Waals surface area (Å²) in [5.74, 6) is -0.0655. The molecule has 3 rings (SSSR count). The SMILES string of the molecule is C[C@H](OC(=O)c1ccc2c(c1)OCO2)C(=O)c1ccc(NC(=O)C(C)(C)C)cc1. The number of fused-ring (bicyclic) bond motifs is 1. The summed E-state index contributed by atoms with van der Waals surface area (Å²) in [6.45, 7) is 7.07. The molecular weight excluding hydrogens is 374 g/mol. The molecule has 0 spiro atoms. The van der Waals surface area contributed by atoms with E-state index in [-0.39, 0.29) is 24.0 Å². The van der Waals surface area contributed by atoms with Crippen LogP contribution in [0.3, 0.4) is 0 Å². The van der Waals surface area contributed by atoms with E-state index in [1.165, 1.54) is 13.0 Å². The first-order valence-corrected chi connectivity index (χ1v) is 9.21. The lowest BCUT2D eigenvalue weighted by atomic mass is 9.95. The van der Waals surface area contributed by atoms with Gasteiger partial charge in [0, 0.05) is 16.7 Å². The van der Waals surface area contributed by atoms with Gasteiger partial charge in [0.15, 0.2) is 17.6 Å². The van der Waals surface area contributed by atoms with E-state index in [9.17, 15) is 14.4 Å². The number of ketones is 1. The largest absolute Gasteiger partial charge is 0.454 e. The minimum atomic E-state index is -0.970. The normalized spacial score (nSPS) is 13.5. The fraction of sp³-hybridized carbons (Fsp3) is 0.318. The van der Waals surface area contributed by atoms with E-state index in [1.54, 1.807) is 36.4 Å². The lowest BCUT2D eigenvalue weighted by Gasteiger charge is -2.18. The maximum absolute atomic E-state index is 12.6. The first kappa shape index (κ1) is 20.4. The number of Topliss-reactive ketones (excluding diaryl/α,β-unsaturated/α-hetero) is 1. The number of nitrogens with one attached hydrogen (secondary N) is 1. The molecule has 0 saturated heterocycles. The molecule has 1 N–H and O–H groups in total. The predicted octanol–water partition coefficient (Wildman–Crippen LogP) is 3.83. The lowest BCUT2D eigenvalue weighted by molar-refractivity contribution is -0.123. The Morgan fingerprint density at radius 2 is 1.59 bits per heavy atom.